The molecule has 0 unspecified atom stereocenters. The first-order chi connectivity index (χ1) is 14.2. The quantitative estimate of drug-likeness (QED) is 0.676. The summed E-state index contributed by atoms with van der Waals surface area (Å²) in [5.41, 5.74) is 0.149. The third-order valence-electron chi connectivity index (χ3n) is 5.36. The maximum absolute atomic E-state index is 12.9. The maximum Gasteiger partial charge on any atom is 0.417 e. The molecule has 3 aromatic heterocycles. The van der Waals surface area contributed by atoms with Gasteiger partial charge in [-0.05, 0) is 31.0 Å². The summed E-state index contributed by atoms with van der Waals surface area (Å²) in [5.74, 6) is -0.0857. The average molecular weight is 439 g/mol. The van der Waals surface area contributed by atoms with E-state index in [9.17, 15) is 22.8 Å². The van der Waals surface area contributed by atoms with Crippen molar-refractivity contribution in [2.45, 2.75) is 31.5 Å². The monoisotopic (exact) mass is 438 g/mol. The number of H-pyrrole nitrogens is 1. The van der Waals surface area contributed by atoms with Gasteiger partial charge in [0.25, 0.3) is 5.56 Å². The van der Waals surface area contributed by atoms with Crippen molar-refractivity contribution in [1.29, 1.82) is 0 Å². The molecule has 0 aliphatic carbocycles. The van der Waals surface area contributed by atoms with Crippen molar-refractivity contribution in [3.63, 3.8) is 0 Å². The molecule has 0 spiro atoms. The van der Waals surface area contributed by atoms with E-state index in [4.69, 9.17) is 11.6 Å². The number of amides is 1. The lowest BCUT2D eigenvalue weighted by Gasteiger charge is -2.31. The summed E-state index contributed by atoms with van der Waals surface area (Å²) in [5, 5.41) is 0.792. The molecule has 4 rings (SSSR count). The van der Waals surface area contributed by atoms with E-state index in [0.29, 0.717) is 42.0 Å². The molecule has 30 heavy (non-hydrogen) atoms. The van der Waals surface area contributed by atoms with Crippen molar-refractivity contribution in [3.05, 3.63) is 63.3 Å². The molecule has 4 heterocycles. The molecule has 1 amide bonds. The molecule has 6 nitrogen and oxygen atoms in total. The summed E-state index contributed by atoms with van der Waals surface area (Å²) in [6, 6.07) is 5.58. The molecule has 10 heteroatoms. The van der Waals surface area contributed by atoms with Crippen LogP contribution in [0.2, 0.25) is 5.02 Å². The number of halogens is 4. The van der Waals surface area contributed by atoms with E-state index >= 15 is 0 Å². The molecule has 0 atom stereocenters. The normalized spacial score (nSPS) is 15.7. The molecule has 0 bridgehead atoms. The summed E-state index contributed by atoms with van der Waals surface area (Å²) in [7, 11) is 0. The van der Waals surface area contributed by atoms with Gasteiger partial charge in [0.15, 0.2) is 0 Å². The highest BCUT2D eigenvalue weighted by molar-refractivity contribution is 6.30. The minimum atomic E-state index is -4.44. The highest BCUT2D eigenvalue weighted by Crippen LogP contribution is 2.33. The summed E-state index contributed by atoms with van der Waals surface area (Å²) in [6.45, 7) is 0.908. The number of hydrogen-bond donors (Lipinski definition) is 1. The molecule has 158 valence electrons. The first-order valence-electron chi connectivity index (χ1n) is 9.40. The number of piperidine rings is 1. The Morgan fingerprint density at radius 2 is 1.97 bits per heavy atom. The molecule has 3 aromatic rings. The number of nitrogens with one attached hydrogen (secondary N) is 1. The van der Waals surface area contributed by atoms with E-state index in [-0.39, 0.29) is 23.9 Å². The Morgan fingerprint density at radius 3 is 2.67 bits per heavy atom. The Bertz CT molecular complexity index is 1150. The Labute approximate surface area is 174 Å². The largest absolute Gasteiger partial charge is 0.417 e. The fraction of sp³-hybridized carbons (Fsp3) is 0.350. The van der Waals surface area contributed by atoms with Gasteiger partial charge in [-0.2, -0.15) is 13.2 Å². The van der Waals surface area contributed by atoms with Gasteiger partial charge in [-0.25, -0.2) is 4.98 Å². The molecule has 1 aliphatic heterocycles. The van der Waals surface area contributed by atoms with Crippen LogP contribution in [-0.4, -0.2) is 38.4 Å². The molecule has 0 aromatic carbocycles. The van der Waals surface area contributed by atoms with Crippen LogP contribution in [0.3, 0.4) is 0 Å². The Kier molecular flexibility index (Phi) is 5.31. The maximum atomic E-state index is 12.9. The van der Waals surface area contributed by atoms with Crippen LogP contribution in [0.4, 0.5) is 13.2 Å². The number of pyridine rings is 2. The van der Waals surface area contributed by atoms with E-state index in [1.54, 1.807) is 11.0 Å². The highest BCUT2D eigenvalue weighted by Gasteiger charge is 2.31. The second-order valence-corrected chi connectivity index (χ2v) is 7.79. The number of likely N-dealkylation sites (tertiary alicyclic amines) is 1. The van der Waals surface area contributed by atoms with Gasteiger partial charge in [-0.3, -0.25) is 9.59 Å². The van der Waals surface area contributed by atoms with Crippen LogP contribution < -0.4 is 5.56 Å². The van der Waals surface area contributed by atoms with E-state index in [0.717, 1.165) is 18.0 Å². The molecule has 1 fully saturated rings. The van der Waals surface area contributed by atoms with Crippen LogP contribution in [-0.2, 0) is 17.5 Å². The number of fused-ring (bicyclic) bond motifs is 1. The first-order valence-corrected chi connectivity index (χ1v) is 9.78. The van der Waals surface area contributed by atoms with E-state index in [1.165, 1.54) is 22.9 Å². The number of nitrogens with zero attached hydrogens (tertiary/aromatic N) is 3. The van der Waals surface area contributed by atoms with Crippen molar-refractivity contribution in [2.24, 2.45) is 0 Å². The van der Waals surface area contributed by atoms with Crippen LogP contribution in [0, 0.1) is 0 Å². The third-order valence-corrected chi connectivity index (χ3v) is 5.58. The number of aromatic amines is 1. The number of carbonyl (C=O) groups is 1. The van der Waals surface area contributed by atoms with Crippen LogP contribution in [0.15, 0.2) is 41.5 Å². The zero-order valence-corrected chi connectivity index (χ0v) is 16.5. The minimum absolute atomic E-state index is 0.0828. The predicted octanol–water partition coefficient (Wildman–Crippen LogP) is 3.80. The second-order valence-electron chi connectivity index (χ2n) is 7.35. The molecule has 0 radical (unpaired) electrons. The lowest BCUT2D eigenvalue weighted by molar-refractivity contribution is -0.137. The summed E-state index contributed by atoms with van der Waals surface area (Å²) in [4.78, 5) is 33.1. The number of carbonyl (C=O) groups excluding carboxylic acids is 1. The predicted molar refractivity (Wildman–Crippen MR) is 105 cm³/mol. The standard InChI is InChI=1S/C20H18ClF3N4O2/c21-15-1-2-17(29)28(10-15)11-18(30)27-5-3-12(4-6-27)16-8-13-7-14(20(22,23)24)9-25-19(13)26-16/h1-2,7-10,12H,3-6,11H2,(H,25,26). The fourth-order valence-corrected chi connectivity index (χ4v) is 3.90. The molecular formula is C20H18ClF3N4O2. The fourth-order valence-electron chi connectivity index (χ4n) is 3.72. The van der Waals surface area contributed by atoms with Crippen molar-refractivity contribution in [1.82, 2.24) is 19.4 Å². The van der Waals surface area contributed by atoms with Gasteiger partial charge in [-0.1, -0.05) is 11.6 Å². The topological polar surface area (TPSA) is 71.0 Å². The van der Waals surface area contributed by atoms with Crippen LogP contribution >= 0.6 is 11.6 Å². The Balaban J connectivity index is 1.42. The van der Waals surface area contributed by atoms with Crippen LogP contribution in [0.25, 0.3) is 11.0 Å². The van der Waals surface area contributed by atoms with E-state index in [2.05, 4.69) is 9.97 Å². The Hall–Kier alpha value is -2.81. The lowest BCUT2D eigenvalue weighted by atomic mass is 9.93. The van der Waals surface area contributed by atoms with Gasteiger partial charge in [0.2, 0.25) is 5.91 Å². The Morgan fingerprint density at radius 1 is 1.23 bits per heavy atom. The van der Waals surface area contributed by atoms with E-state index in [1.807, 2.05) is 0 Å². The van der Waals surface area contributed by atoms with Crippen molar-refractivity contribution < 1.29 is 18.0 Å². The molecule has 1 aliphatic rings. The number of rotatable bonds is 3. The molecular weight excluding hydrogens is 421 g/mol. The third kappa shape index (κ3) is 4.21. The van der Waals surface area contributed by atoms with Gasteiger partial charge < -0.3 is 14.5 Å². The summed E-state index contributed by atoms with van der Waals surface area (Å²) in [6.07, 6.45) is -0.859. The van der Waals surface area contributed by atoms with Gasteiger partial charge in [0.1, 0.15) is 12.2 Å². The second kappa shape index (κ2) is 7.79. The first kappa shape index (κ1) is 20.5. The van der Waals surface area contributed by atoms with Crippen LogP contribution in [0.1, 0.15) is 30.0 Å². The van der Waals surface area contributed by atoms with Crippen molar-refractivity contribution >= 4 is 28.5 Å². The zero-order chi connectivity index (χ0) is 21.5. The van der Waals surface area contributed by atoms with E-state index < -0.39 is 11.7 Å². The molecule has 1 N–H and O–H groups in total. The minimum Gasteiger partial charge on any atom is -0.343 e. The number of hydrogen-bond acceptors (Lipinski definition) is 3. The van der Waals surface area contributed by atoms with Gasteiger partial charge in [0.05, 0.1) is 10.6 Å². The van der Waals surface area contributed by atoms with Gasteiger partial charge in [-0.15, -0.1) is 0 Å². The number of aromatic nitrogens is 3. The van der Waals surface area contributed by atoms with Crippen molar-refractivity contribution in [2.75, 3.05) is 13.1 Å². The lowest BCUT2D eigenvalue weighted by Crippen LogP contribution is -2.41. The number of alkyl halides is 3. The van der Waals surface area contributed by atoms with Gasteiger partial charge >= 0.3 is 6.18 Å². The van der Waals surface area contributed by atoms with Crippen molar-refractivity contribution in [3.8, 4) is 0 Å². The van der Waals surface area contributed by atoms with Crippen LogP contribution in [0.5, 0.6) is 0 Å². The summed E-state index contributed by atoms with van der Waals surface area (Å²) >= 11 is 5.89. The summed E-state index contributed by atoms with van der Waals surface area (Å²) < 4.78 is 39.9. The molecule has 1 saturated heterocycles. The smallest absolute Gasteiger partial charge is 0.343 e. The zero-order valence-electron chi connectivity index (χ0n) is 15.7. The SMILES string of the molecule is O=C(Cn1cc(Cl)ccc1=O)N1CCC(c2cc3cc(C(F)(F)F)cnc3[nH]2)CC1. The van der Waals surface area contributed by atoms with Gasteiger partial charge in [0, 0.05) is 48.5 Å². The average Bonchev–Trinajstić information content (AvgIpc) is 3.13. The highest BCUT2D eigenvalue weighted by atomic mass is 35.5. The molecule has 0 saturated carbocycles.